The molecule has 5 heteroatoms. The summed E-state index contributed by atoms with van der Waals surface area (Å²) in [7, 11) is 3.42. The van der Waals surface area contributed by atoms with Crippen LogP contribution >= 0.6 is 0 Å². The molecule has 0 aromatic heterocycles. The van der Waals surface area contributed by atoms with Crippen LogP contribution in [0, 0.1) is 0 Å². The summed E-state index contributed by atoms with van der Waals surface area (Å²) in [6, 6.07) is 5.06. The van der Waals surface area contributed by atoms with Gasteiger partial charge in [-0.05, 0) is 18.2 Å². The highest BCUT2D eigenvalue weighted by Crippen LogP contribution is 2.30. The number of benzene rings is 1. The Morgan fingerprint density at radius 2 is 1.86 bits per heavy atom. The number of rotatable bonds is 2. The van der Waals surface area contributed by atoms with Crippen molar-refractivity contribution in [1.29, 1.82) is 0 Å². The molecule has 0 amide bonds. The number of nitrogens with one attached hydrogen (secondary N) is 1. The van der Waals surface area contributed by atoms with E-state index < -0.39 is 11.7 Å². The highest BCUT2D eigenvalue weighted by molar-refractivity contribution is 5.45. The number of halogens is 3. The predicted octanol–water partition coefficient (Wildman–Crippen LogP) is 2.59. The van der Waals surface area contributed by atoms with Crippen LogP contribution in [0.4, 0.5) is 18.9 Å². The van der Waals surface area contributed by atoms with Gasteiger partial charge in [0.05, 0.1) is 5.56 Å². The molecule has 0 aliphatic rings. The van der Waals surface area contributed by atoms with Crippen molar-refractivity contribution in [2.45, 2.75) is 6.18 Å². The molecule has 0 spiro atoms. The van der Waals surface area contributed by atoms with Crippen LogP contribution < -0.4 is 5.43 Å². The summed E-state index contributed by atoms with van der Waals surface area (Å²) >= 11 is 0. The van der Waals surface area contributed by atoms with Crippen molar-refractivity contribution < 1.29 is 13.2 Å². The zero-order chi connectivity index (χ0) is 10.8. The van der Waals surface area contributed by atoms with E-state index in [2.05, 4.69) is 5.43 Å². The standard InChI is InChI=1S/C9H11F3N2/c1-14(2)13-8-5-3-4-7(6-8)9(10,11)12/h3-6,13H,1-2H3. The first-order valence-corrected chi connectivity index (χ1v) is 4.01. The summed E-state index contributed by atoms with van der Waals surface area (Å²) in [5.74, 6) is 0. The fourth-order valence-corrected chi connectivity index (χ4v) is 1.02. The minimum absolute atomic E-state index is 0.421. The van der Waals surface area contributed by atoms with Gasteiger partial charge in [-0.15, -0.1) is 0 Å². The Morgan fingerprint density at radius 3 is 2.36 bits per heavy atom. The Kier molecular flexibility index (Phi) is 3.00. The van der Waals surface area contributed by atoms with Gasteiger partial charge in [0.1, 0.15) is 0 Å². The average Bonchev–Trinajstić information content (AvgIpc) is 2.01. The van der Waals surface area contributed by atoms with Crippen molar-refractivity contribution in [2.75, 3.05) is 19.5 Å². The lowest BCUT2D eigenvalue weighted by molar-refractivity contribution is -0.137. The summed E-state index contributed by atoms with van der Waals surface area (Å²) in [5, 5.41) is 1.58. The maximum absolute atomic E-state index is 12.3. The summed E-state index contributed by atoms with van der Waals surface area (Å²) in [6.07, 6.45) is -4.29. The summed E-state index contributed by atoms with van der Waals surface area (Å²) < 4.78 is 36.8. The normalized spacial score (nSPS) is 11.9. The molecule has 1 N–H and O–H groups in total. The lowest BCUT2D eigenvalue weighted by Crippen LogP contribution is -2.19. The second kappa shape index (κ2) is 3.88. The molecule has 0 fully saturated rings. The van der Waals surface area contributed by atoms with Crippen molar-refractivity contribution in [3.8, 4) is 0 Å². The third-order valence-corrected chi connectivity index (χ3v) is 1.54. The monoisotopic (exact) mass is 204 g/mol. The second-order valence-electron chi connectivity index (χ2n) is 3.08. The molecule has 0 aliphatic heterocycles. The smallest absolute Gasteiger partial charge is 0.319 e. The van der Waals surface area contributed by atoms with Gasteiger partial charge >= 0.3 is 6.18 Å². The Balaban J connectivity index is 2.90. The first-order valence-electron chi connectivity index (χ1n) is 4.01. The topological polar surface area (TPSA) is 15.3 Å². The largest absolute Gasteiger partial charge is 0.416 e. The molecule has 2 nitrogen and oxygen atoms in total. The van der Waals surface area contributed by atoms with E-state index in [0.717, 1.165) is 12.1 Å². The van der Waals surface area contributed by atoms with Crippen molar-refractivity contribution in [3.63, 3.8) is 0 Å². The van der Waals surface area contributed by atoms with Crippen LogP contribution in [-0.2, 0) is 6.18 Å². The molecule has 0 aliphatic carbocycles. The average molecular weight is 204 g/mol. The highest BCUT2D eigenvalue weighted by atomic mass is 19.4. The SMILES string of the molecule is CN(C)Nc1cccc(C(F)(F)F)c1. The molecule has 14 heavy (non-hydrogen) atoms. The molecular formula is C9H11F3N2. The van der Waals surface area contributed by atoms with E-state index in [1.807, 2.05) is 0 Å². The molecule has 0 saturated carbocycles. The van der Waals surface area contributed by atoms with Gasteiger partial charge in [0.2, 0.25) is 0 Å². The second-order valence-corrected chi connectivity index (χ2v) is 3.08. The van der Waals surface area contributed by atoms with Crippen molar-refractivity contribution >= 4 is 5.69 Å². The summed E-state index contributed by atoms with van der Waals surface area (Å²) in [6.45, 7) is 0. The minimum atomic E-state index is -4.29. The van der Waals surface area contributed by atoms with Gasteiger partial charge < -0.3 is 5.43 Å². The first kappa shape index (κ1) is 10.8. The van der Waals surface area contributed by atoms with Crippen LogP contribution in [-0.4, -0.2) is 19.1 Å². The molecule has 1 rings (SSSR count). The fraction of sp³-hybridized carbons (Fsp3) is 0.333. The summed E-state index contributed by atoms with van der Waals surface area (Å²) in [5.41, 5.74) is 2.52. The van der Waals surface area contributed by atoms with E-state index in [0.29, 0.717) is 5.69 Å². The maximum atomic E-state index is 12.3. The Bertz CT molecular complexity index is 307. The molecule has 0 saturated heterocycles. The van der Waals surface area contributed by atoms with E-state index >= 15 is 0 Å². The third kappa shape index (κ3) is 2.92. The van der Waals surface area contributed by atoms with Crippen LogP contribution in [0.2, 0.25) is 0 Å². The fourth-order valence-electron chi connectivity index (χ4n) is 1.02. The van der Waals surface area contributed by atoms with Gasteiger partial charge in [0.15, 0.2) is 0 Å². The molecule has 1 aromatic rings. The van der Waals surface area contributed by atoms with Gasteiger partial charge in [-0.2, -0.15) is 13.2 Å². The number of nitrogens with zero attached hydrogens (tertiary/aromatic N) is 1. The van der Waals surface area contributed by atoms with Gasteiger partial charge in [-0.25, -0.2) is 5.01 Å². The van der Waals surface area contributed by atoms with Gasteiger partial charge in [0, 0.05) is 19.8 Å². The Labute approximate surface area is 80.3 Å². The van der Waals surface area contributed by atoms with Crippen molar-refractivity contribution in [2.24, 2.45) is 0 Å². The van der Waals surface area contributed by atoms with Crippen LogP contribution in [0.3, 0.4) is 0 Å². The minimum Gasteiger partial charge on any atom is -0.319 e. The van der Waals surface area contributed by atoms with Crippen molar-refractivity contribution in [3.05, 3.63) is 29.8 Å². The van der Waals surface area contributed by atoms with Gasteiger partial charge in [0.25, 0.3) is 0 Å². The Morgan fingerprint density at radius 1 is 1.21 bits per heavy atom. The lowest BCUT2D eigenvalue weighted by Gasteiger charge is -2.15. The first-order chi connectivity index (χ1) is 6.39. The van der Waals surface area contributed by atoms with Crippen LogP contribution in [0.1, 0.15) is 5.56 Å². The quantitative estimate of drug-likeness (QED) is 0.745. The molecule has 0 unspecified atom stereocenters. The van der Waals surface area contributed by atoms with E-state index in [4.69, 9.17) is 0 Å². The summed E-state index contributed by atoms with van der Waals surface area (Å²) in [4.78, 5) is 0. The van der Waals surface area contributed by atoms with E-state index in [1.165, 1.54) is 6.07 Å². The Hall–Kier alpha value is -1.23. The molecule has 1 aromatic carbocycles. The molecular weight excluding hydrogens is 193 g/mol. The number of alkyl halides is 3. The van der Waals surface area contributed by atoms with Crippen LogP contribution in [0.25, 0.3) is 0 Å². The maximum Gasteiger partial charge on any atom is 0.416 e. The zero-order valence-corrected chi connectivity index (χ0v) is 7.89. The number of hydrogen-bond acceptors (Lipinski definition) is 2. The zero-order valence-electron chi connectivity index (χ0n) is 7.89. The molecule has 0 atom stereocenters. The molecule has 78 valence electrons. The number of hydrogen-bond donors (Lipinski definition) is 1. The number of anilines is 1. The lowest BCUT2D eigenvalue weighted by atomic mass is 10.2. The number of hydrazine groups is 1. The molecule has 0 bridgehead atoms. The van der Waals surface area contributed by atoms with E-state index in [9.17, 15) is 13.2 Å². The van der Waals surface area contributed by atoms with Crippen LogP contribution in [0.5, 0.6) is 0 Å². The van der Waals surface area contributed by atoms with Crippen LogP contribution in [0.15, 0.2) is 24.3 Å². The van der Waals surface area contributed by atoms with Crippen molar-refractivity contribution in [1.82, 2.24) is 5.01 Å². The van der Waals surface area contributed by atoms with Gasteiger partial charge in [-0.3, -0.25) is 0 Å². The highest BCUT2D eigenvalue weighted by Gasteiger charge is 2.30. The van der Waals surface area contributed by atoms with Gasteiger partial charge in [-0.1, -0.05) is 6.07 Å². The predicted molar refractivity (Wildman–Crippen MR) is 48.8 cm³/mol. The molecule has 0 radical (unpaired) electrons. The molecule has 0 heterocycles. The third-order valence-electron chi connectivity index (χ3n) is 1.54. The van der Waals surface area contributed by atoms with E-state index in [1.54, 1.807) is 25.2 Å². The van der Waals surface area contributed by atoms with E-state index in [-0.39, 0.29) is 0 Å².